The maximum Gasteiger partial charge on any atom is 0.138 e. The predicted molar refractivity (Wildman–Crippen MR) is 63.3 cm³/mol. The minimum Gasteiger partial charge on any atom is -0.390 e. The van der Waals surface area contributed by atoms with E-state index in [0.29, 0.717) is 12.2 Å². The lowest BCUT2D eigenvalue weighted by molar-refractivity contribution is -0.0275. The second-order valence-corrected chi connectivity index (χ2v) is 4.96. The van der Waals surface area contributed by atoms with Crippen molar-refractivity contribution in [3.63, 3.8) is 0 Å². The van der Waals surface area contributed by atoms with Crippen LogP contribution in [0.5, 0.6) is 0 Å². The highest BCUT2D eigenvalue weighted by Crippen LogP contribution is 2.28. The number of aromatic nitrogens is 3. The lowest BCUT2D eigenvalue weighted by Crippen LogP contribution is -2.36. The van der Waals surface area contributed by atoms with Gasteiger partial charge in [0.05, 0.1) is 12.2 Å². The molecule has 0 saturated heterocycles. The first-order chi connectivity index (χ1) is 8.18. The average molecular weight is 239 g/mol. The Kier molecular flexibility index (Phi) is 4.12. The van der Waals surface area contributed by atoms with E-state index in [2.05, 4.69) is 10.1 Å². The first kappa shape index (κ1) is 12.5. The molecule has 0 radical (unpaired) electrons. The molecule has 1 aromatic heterocycles. The fraction of sp³-hybridized carbons (Fsp3) is 0.833. The smallest absolute Gasteiger partial charge is 0.138 e. The molecule has 5 nitrogen and oxygen atoms in total. The number of rotatable bonds is 4. The van der Waals surface area contributed by atoms with Crippen molar-refractivity contribution < 1.29 is 10.2 Å². The zero-order chi connectivity index (χ0) is 12.3. The van der Waals surface area contributed by atoms with Gasteiger partial charge in [0.1, 0.15) is 12.2 Å². The van der Waals surface area contributed by atoms with Crippen LogP contribution in [0.15, 0.2) is 6.33 Å². The summed E-state index contributed by atoms with van der Waals surface area (Å²) in [6.45, 7) is 0. The summed E-state index contributed by atoms with van der Waals surface area (Å²) in [6, 6.07) is 0. The molecule has 2 unspecified atom stereocenters. The SMILES string of the molecule is Cn1ncnc1CC(O)C(O)C1CCCCC1. The molecule has 2 N–H and O–H groups in total. The standard InChI is InChI=1S/C12H21N3O2/c1-15-11(13-8-14-15)7-10(16)12(17)9-5-3-2-4-6-9/h8-10,12,16-17H,2-7H2,1H3. The second-order valence-electron chi connectivity index (χ2n) is 4.96. The highest BCUT2D eigenvalue weighted by Gasteiger charge is 2.28. The second kappa shape index (κ2) is 5.60. The molecule has 0 aliphatic heterocycles. The zero-order valence-electron chi connectivity index (χ0n) is 10.3. The Morgan fingerprint density at radius 1 is 1.35 bits per heavy atom. The van der Waals surface area contributed by atoms with E-state index < -0.39 is 12.2 Å². The van der Waals surface area contributed by atoms with Gasteiger partial charge in [-0.25, -0.2) is 4.98 Å². The van der Waals surface area contributed by atoms with Gasteiger partial charge < -0.3 is 10.2 Å². The number of aryl methyl sites for hydroxylation is 1. The van der Waals surface area contributed by atoms with Gasteiger partial charge in [-0.15, -0.1) is 0 Å². The van der Waals surface area contributed by atoms with Crippen LogP contribution in [-0.2, 0) is 13.5 Å². The van der Waals surface area contributed by atoms with Gasteiger partial charge in [-0.3, -0.25) is 4.68 Å². The molecule has 1 aliphatic rings. The van der Waals surface area contributed by atoms with Crippen LogP contribution in [0.1, 0.15) is 37.9 Å². The van der Waals surface area contributed by atoms with Gasteiger partial charge in [-0.1, -0.05) is 19.3 Å². The summed E-state index contributed by atoms with van der Waals surface area (Å²) in [5.74, 6) is 0.958. The number of nitrogens with zero attached hydrogens (tertiary/aromatic N) is 3. The van der Waals surface area contributed by atoms with Crippen LogP contribution in [-0.4, -0.2) is 37.2 Å². The van der Waals surface area contributed by atoms with Gasteiger partial charge >= 0.3 is 0 Å². The first-order valence-corrected chi connectivity index (χ1v) is 6.37. The third kappa shape index (κ3) is 3.04. The van der Waals surface area contributed by atoms with Gasteiger partial charge in [0.25, 0.3) is 0 Å². The number of hydrogen-bond acceptors (Lipinski definition) is 4. The molecule has 96 valence electrons. The third-order valence-corrected chi connectivity index (χ3v) is 3.72. The average Bonchev–Trinajstić information content (AvgIpc) is 2.75. The van der Waals surface area contributed by atoms with Crippen LogP contribution >= 0.6 is 0 Å². The number of aliphatic hydroxyl groups excluding tert-OH is 2. The van der Waals surface area contributed by atoms with Gasteiger partial charge in [0, 0.05) is 13.5 Å². The van der Waals surface area contributed by atoms with Crippen molar-refractivity contribution in [1.82, 2.24) is 14.8 Å². The maximum absolute atomic E-state index is 10.1. The molecule has 1 aromatic rings. The Morgan fingerprint density at radius 3 is 2.65 bits per heavy atom. The Morgan fingerprint density at radius 2 is 2.06 bits per heavy atom. The number of hydrogen-bond donors (Lipinski definition) is 2. The van der Waals surface area contributed by atoms with Crippen LogP contribution in [0, 0.1) is 5.92 Å². The summed E-state index contributed by atoms with van der Waals surface area (Å²) in [6.07, 6.45) is 6.10. The summed E-state index contributed by atoms with van der Waals surface area (Å²) in [5, 5.41) is 24.1. The molecule has 1 heterocycles. The summed E-state index contributed by atoms with van der Waals surface area (Å²) in [4.78, 5) is 4.06. The van der Waals surface area contributed by atoms with Crippen LogP contribution in [0.25, 0.3) is 0 Å². The molecule has 0 amide bonds. The van der Waals surface area contributed by atoms with Gasteiger partial charge in [-0.2, -0.15) is 5.10 Å². The van der Waals surface area contributed by atoms with Crippen molar-refractivity contribution in [3.05, 3.63) is 12.2 Å². The van der Waals surface area contributed by atoms with Crippen LogP contribution in [0.2, 0.25) is 0 Å². The fourth-order valence-electron chi connectivity index (χ4n) is 2.60. The molecule has 17 heavy (non-hydrogen) atoms. The topological polar surface area (TPSA) is 71.2 Å². The Labute approximate surface area is 101 Å². The largest absolute Gasteiger partial charge is 0.390 e. The van der Waals surface area contributed by atoms with Gasteiger partial charge in [0.15, 0.2) is 0 Å². The first-order valence-electron chi connectivity index (χ1n) is 6.37. The van der Waals surface area contributed by atoms with Crippen molar-refractivity contribution in [2.24, 2.45) is 13.0 Å². The molecule has 0 aromatic carbocycles. The van der Waals surface area contributed by atoms with Crippen LogP contribution in [0.4, 0.5) is 0 Å². The molecule has 2 atom stereocenters. The van der Waals surface area contributed by atoms with E-state index in [0.717, 1.165) is 12.8 Å². The summed E-state index contributed by atoms with van der Waals surface area (Å²) in [7, 11) is 1.79. The normalized spacial score (nSPS) is 21.4. The van der Waals surface area contributed by atoms with Crippen LogP contribution in [0.3, 0.4) is 0 Å². The number of aliphatic hydroxyl groups is 2. The van der Waals surface area contributed by atoms with Crippen molar-refractivity contribution in [1.29, 1.82) is 0 Å². The van der Waals surface area contributed by atoms with E-state index in [4.69, 9.17) is 0 Å². The van der Waals surface area contributed by atoms with Crippen molar-refractivity contribution in [3.8, 4) is 0 Å². The lowest BCUT2D eigenvalue weighted by atomic mass is 9.83. The molecule has 1 saturated carbocycles. The molecule has 2 rings (SSSR count). The highest BCUT2D eigenvalue weighted by atomic mass is 16.3. The van der Waals surface area contributed by atoms with E-state index in [9.17, 15) is 10.2 Å². The van der Waals surface area contributed by atoms with E-state index in [1.807, 2.05) is 0 Å². The summed E-state index contributed by atoms with van der Waals surface area (Å²) in [5.41, 5.74) is 0. The fourth-order valence-corrected chi connectivity index (χ4v) is 2.60. The minimum absolute atomic E-state index is 0.243. The predicted octanol–water partition coefficient (Wildman–Crippen LogP) is 0.660. The Hall–Kier alpha value is -0.940. The molecular weight excluding hydrogens is 218 g/mol. The van der Waals surface area contributed by atoms with Crippen LogP contribution < -0.4 is 0 Å². The van der Waals surface area contributed by atoms with Crippen molar-refractivity contribution >= 4 is 0 Å². The summed E-state index contributed by atoms with van der Waals surface area (Å²) >= 11 is 0. The summed E-state index contributed by atoms with van der Waals surface area (Å²) < 4.78 is 1.64. The molecule has 1 aliphatic carbocycles. The lowest BCUT2D eigenvalue weighted by Gasteiger charge is -2.29. The highest BCUT2D eigenvalue weighted by molar-refractivity contribution is 4.90. The maximum atomic E-state index is 10.1. The van der Waals surface area contributed by atoms with E-state index in [1.165, 1.54) is 25.6 Å². The van der Waals surface area contributed by atoms with E-state index >= 15 is 0 Å². The molecule has 0 spiro atoms. The minimum atomic E-state index is -0.735. The van der Waals surface area contributed by atoms with Crippen molar-refractivity contribution in [2.75, 3.05) is 0 Å². The molecule has 5 heteroatoms. The zero-order valence-corrected chi connectivity index (χ0v) is 10.3. The van der Waals surface area contributed by atoms with Gasteiger partial charge in [-0.05, 0) is 18.8 Å². The Bertz CT molecular complexity index is 347. The quantitative estimate of drug-likeness (QED) is 0.809. The van der Waals surface area contributed by atoms with Crippen molar-refractivity contribution in [2.45, 2.75) is 50.7 Å². The third-order valence-electron chi connectivity index (χ3n) is 3.72. The molecule has 0 bridgehead atoms. The van der Waals surface area contributed by atoms with Gasteiger partial charge in [0.2, 0.25) is 0 Å². The van der Waals surface area contributed by atoms with E-state index in [-0.39, 0.29) is 5.92 Å². The van der Waals surface area contributed by atoms with E-state index in [1.54, 1.807) is 11.7 Å². The monoisotopic (exact) mass is 239 g/mol. The molecule has 1 fully saturated rings. The molecular formula is C12H21N3O2. The Balaban J connectivity index is 1.90.